The molecule has 0 aromatic heterocycles. The first-order valence-electron chi connectivity index (χ1n) is 12.7. The maximum absolute atomic E-state index is 13.9. The molecule has 0 aliphatic heterocycles. The highest BCUT2D eigenvalue weighted by atomic mass is 32.2. The first-order chi connectivity index (χ1) is 18.7. The van der Waals surface area contributed by atoms with Gasteiger partial charge in [-0.1, -0.05) is 48.0 Å². The van der Waals surface area contributed by atoms with Gasteiger partial charge in [0.15, 0.2) is 0 Å². The van der Waals surface area contributed by atoms with Crippen molar-refractivity contribution in [3.63, 3.8) is 0 Å². The molecule has 1 atom stereocenters. The van der Waals surface area contributed by atoms with Crippen LogP contribution in [0.2, 0.25) is 0 Å². The zero-order valence-corrected chi connectivity index (χ0v) is 24.0. The molecule has 0 radical (unpaired) electrons. The Morgan fingerprint density at radius 2 is 1.60 bits per heavy atom. The number of nitrogens with one attached hydrogen (secondary N) is 1. The van der Waals surface area contributed by atoms with Gasteiger partial charge in [-0.05, 0) is 64.4 Å². The number of sulfonamides is 1. The second kappa shape index (κ2) is 12.3. The SMILES string of the molecule is Cc1cccc(CN(C(=O)CN(c2ccc([N+](=O)[O-])cc2)S(=O)(=O)c2ccccc2)[C@H](C)C(=O)NC(C)(C)C)c1. The molecule has 40 heavy (non-hydrogen) atoms. The molecule has 0 fully saturated rings. The minimum atomic E-state index is -4.25. The second-order valence-electron chi connectivity index (χ2n) is 10.5. The van der Waals surface area contributed by atoms with E-state index in [9.17, 15) is 28.1 Å². The third-order valence-electron chi connectivity index (χ3n) is 6.06. The van der Waals surface area contributed by atoms with Crippen molar-refractivity contribution in [3.05, 3.63) is 100 Å². The van der Waals surface area contributed by atoms with E-state index in [1.54, 1.807) is 25.1 Å². The Morgan fingerprint density at radius 3 is 2.15 bits per heavy atom. The van der Waals surface area contributed by atoms with Gasteiger partial charge in [0.25, 0.3) is 15.7 Å². The van der Waals surface area contributed by atoms with Crippen molar-refractivity contribution >= 4 is 33.2 Å². The van der Waals surface area contributed by atoms with Crippen molar-refractivity contribution in [1.29, 1.82) is 0 Å². The number of hydrogen-bond acceptors (Lipinski definition) is 6. The summed E-state index contributed by atoms with van der Waals surface area (Å²) < 4.78 is 28.4. The summed E-state index contributed by atoms with van der Waals surface area (Å²) in [7, 11) is -4.25. The van der Waals surface area contributed by atoms with Crippen molar-refractivity contribution in [1.82, 2.24) is 10.2 Å². The number of hydrogen-bond donors (Lipinski definition) is 1. The normalized spacial score (nSPS) is 12.3. The van der Waals surface area contributed by atoms with Gasteiger partial charge in [-0.3, -0.25) is 24.0 Å². The molecule has 2 amide bonds. The van der Waals surface area contributed by atoms with Crippen LogP contribution in [-0.4, -0.2) is 48.2 Å². The summed E-state index contributed by atoms with van der Waals surface area (Å²) in [5, 5.41) is 14.1. The quantitative estimate of drug-likeness (QED) is 0.285. The van der Waals surface area contributed by atoms with Gasteiger partial charge in [-0.15, -0.1) is 0 Å². The maximum atomic E-state index is 13.9. The molecular formula is C29H34N4O6S. The third kappa shape index (κ3) is 7.66. The zero-order valence-electron chi connectivity index (χ0n) is 23.2. The monoisotopic (exact) mass is 566 g/mol. The summed E-state index contributed by atoms with van der Waals surface area (Å²) in [4.78, 5) is 38.9. The highest BCUT2D eigenvalue weighted by Crippen LogP contribution is 2.26. The van der Waals surface area contributed by atoms with Crippen molar-refractivity contribution in [2.45, 2.75) is 57.6 Å². The van der Waals surface area contributed by atoms with Gasteiger partial charge in [-0.25, -0.2) is 8.42 Å². The molecule has 3 aromatic rings. The van der Waals surface area contributed by atoms with Crippen molar-refractivity contribution in [2.24, 2.45) is 0 Å². The lowest BCUT2D eigenvalue weighted by molar-refractivity contribution is -0.384. The molecule has 0 saturated heterocycles. The minimum absolute atomic E-state index is 0.0510. The standard InChI is InChI=1S/C29H34N4O6S/c1-21-10-9-11-23(18-21)19-31(22(2)28(35)30-29(3,4)5)27(34)20-32(24-14-16-25(17-15-24)33(36)37)40(38,39)26-12-7-6-8-13-26/h6-18,22H,19-20H2,1-5H3,(H,30,35)/t22-/m1/s1. The van der Waals surface area contributed by atoms with E-state index >= 15 is 0 Å². The number of amides is 2. The van der Waals surface area contributed by atoms with Crippen LogP contribution in [0.5, 0.6) is 0 Å². The number of carbonyl (C=O) groups excluding carboxylic acids is 2. The number of non-ortho nitro benzene ring substituents is 1. The van der Waals surface area contributed by atoms with Crippen LogP contribution in [0.25, 0.3) is 0 Å². The number of aryl methyl sites for hydroxylation is 1. The van der Waals surface area contributed by atoms with E-state index in [-0.39, 0.29) is 28.7 Å². The van der Waals surface area contributed by atoms with E-state index in [1.807, 2.05) is 52.0 Å². The fourth-order valence-corrected chi connectivity index (χ4v) is 5.49. The van der Waals surface area contributed by atoms with Gasteiger partial charge < -0.3 is 10.2 Å². The Hall–Kier alpha value is -4.25. The van der Waals surface area contributed by atoms with Crippen molar-refractivity contribution in [2.75, 3.05) is 10.8 Å². The zero-order chi connectivity index (χ0) is 29.7. The Balaban J connectivity index is 2.05. The third-order valence-corrected chi connectivity index (χ3v) is 7.85. The predicted octanol–water partition coefficient (Wildman–Crippen LogP) is 4.43. The van der Waals surface area contributed by atoms with Crippen LogP contribution in [0.3, 0.4) is 0 Å². The van der Waals surface area contributed by atoms with E-state index in [1.165, 1.54) is 41.3 Å². The molecule has 0 unspecified atom stereocenters. The predicted molar refractivity (Wildman–Crippen MR) is 153 cm³/mol. The largest absolute Gasteiger partial charge is 0.350 e. The molecule has 3 aromatic carbocycles. The lowest BCUT2D eigenvalue weighted by Gasteiger charge is -2.33. The number of nitrogens with zero attached hydrogens (tertiary/aromatic N) is 3. The molecule has 212 valence electrons. The van der Waals surface area contributed by atoms with E-state index in [0.29, 0.717) is 0 Å². The summed E-state index contributed by atoms with van der Waals surface area (Å²) >= 11 is 0. The van der Waals surface area contributed by atoms with E-state index in [4.69, 9.17) is 0 Å². The molecule has 0 heterocycles. The molecule has 0 saturated carbocycles. The van der Waals surface area contributed by atoms with Gasteiger partial charge in [-0.2, -0.15) is 0 Å². The summed E-state index contributed by atoms with van der Waals surface area (Å²) in [6.07, 6.45) is 0. The van der Waals surface area contributed by atoms with Crippen LogP contribution < -0.4 is 9.62 Å². The Morgan fingerprint density at radius 1 is 0.975 bits per heavy atom. The smallest absolute Gasteiger partial charge is 0.269 e. The van der Waals surface area contributed by atoms with Crippen LogP contribution >= 0.6 is 0 Å². The number of nitro groups is 1. The summed E-state index contributed by atoms with van der Waals surface area (Å²) in [5.74, 6) is -1.00. The molecule has 11 heteroatoms. The van der Waals surface area contributed by atoms with E-state index in [0.717, 1.165) is 15.4 Å². The van der Waals surface area contributed by atoms with Gasteiger partial charge in [0.2, 0.25) is 11.8 Å². The van der Waals surface area contributed by atoms with Gasteiger partial charge in [0.1, 0.15) is 12.6 Å². The van der Waals surface area contributed by atoms with Gasteiger partial charge in [0.05, 0.1) is 15.5 Å². The van der Waals surface area contributed by atoms with Crippen LogP contribution in [0.4, 0.5) is 11.4 Å². The summed E-state index contributed by atoms with van der Waals surface area (Å²) in [6, 6.07) is 19.1. The number of carbonyl (C=O) groups is 2. The summed E-state index contributed by atoms with van der Waals surface area (Å²) in [6.45, 7) is 8.42. The fourth-order valence-electron chi connectivity index (χ4n) is 4.05. The number of anilines is 1. The van der Waals surface area contributed by atoms with Gasteiger partial charge >= 0.3 is 0 Å². The molecule has 0 bridgehead atoms. The first kappa shape index (κ1) is 30.3. The molecule has 0 aliphatic carbocycles. The molecular weight excluding hydrogens is 532 g/mol. The Labute approximate surface area is 234 Å². The van der Waals surface area contributed by atoms with Crippen LogP contribution in [0.1, 0.15) is 38.8 Å². The lowest BCUT2D eigenvalue weighted by atomic mass is 10.1. The molecule has 0 spiro atoms. The molecule has 10 nitrogen and oxygen atoms in total. The second-order valence-corrected chi connectivity index (χ2v) is 12.4. The average Bonchev–Trinajstić information content (AvgIpc) is 2.89. The van der Waals surface area contributed by atoms with Crippen LogP contribution in [0.15, 0.2) is 83.8 Å². The Kier molecular flexibility index (Phi) is 9.31. The maximum Gasteiger partial charge on any atom is 0.269 e. The Bertz CT molecular complexity index is 1470. The van der Waals surface area contributed by atoms with Crippen LogP contribution in [-0.2, 0) is 26.2 Å². The fraction of sp³-hybridized carbons (Fsp3) is 0.310. The lowest BCUT2D eigenvalue weighted by Crippen LogP contribution is -2.54. The minimum Gasteiger partial charge on any atom is -0.350 e. The van der Waals surface area contributed by atoms with Crippen molar-refractivity contribution in [3.8, 4) is 0 Å². The van der Waals surface area contributed by atoms with E-state index < -0.39 is 39.0 Å². The summed E-state index contributed by atoms with van der Waals surface area (Å²) in [5.41, 5.74) is 1.04. The molecule has 0 aliphatic rings. The number of rotatable bonds is 10. The molecule has 3 rings (SSSR count). The average molecular weight is 567 g/mol. The first-order valence-corrected chi connectivity index (χ1v) is 14.1. The number of benzene rings is 3. The molecule has 1 N–H and O–H groups in total. The highest BCUT2D eigenvalue weighted by molar-refractivity contribution is 7.92. The number of nitro benzene ring substituents is 1. The van der Waals surface area contributed by atoms with Gasteiger partial charge in [0, 0.05) is 24.2 Å². The van der Waals surface area contributed by atoms with Crippen LogP contribution in [0, 0.1) is 17.0 Å². The van der Waals surface area contributed by atoms with Crippen molar-refractivity contribution < 1.29 is 22.9 Å². The topological polar surface area (TPSA) is 130 Å². The van der Waals surface area contributed by atoms with E-state index in [2.05, 4.69) is 5.32 Å². The highest BCUT2D eigenvalue weighted by Gasteiger charge is 2.33.